The van der Waals surface area contributed by atoms with Crippen molar-refractivity contribution < 1.29 is 8.42 Å². The van der Waals surface area contributed by atoms with Gasteiger partial charge in [0.15, 0.2) is 9.84 Å². The lowest BCUT2D eigenvalue weighted by atomic mass is 10.8. The van der Waals surface area contributed by atoms with Crippen LogP contribution in [0.5, 0.6) is 0 Å². The smallest absolute Gasteiger partial charge is 0.152 e. The predicted molar refractivity (Wildman–Crippen MR) is 28.2 cm³/mol. The van der Waals surface area contributed by atoms with Gasteiger partial charge in [0, 0.05) is 12.8 Å². The lowest BCUT2D eigenvalue weighted by Gasteiger charge is -1.86. The minimum atomic E-state index is -2.92. The molecule has 0 heterocycles. The molecule has 0 aromatic carbocycles. The minimum absolute atomic E-state index is 0.0961. The molecule has 0 aliphatic heterocycles. The van der Waals surface area contributed by atoms with Crippen molar-refractivity contribution in [2.75, 3.05) is 12.8 Å². The van der Waals surface area contributed by atoms with Gasteiger partial charge in [-0.1, -0.05) is 0 Å². The number of nitrogens with two attached hydrogens (primary N) is 1. The van der Waals surface area contributed by atoms with Gasteiger partial charge in [-0.3, -0.25) is 0 Å². The summed E-state index contributed by atoms with van der Waals surface area (Å²) in [5.41, 5.74) is 4.88. The molecule has 4 heteroatoms. The highest BCUT2D eigenvalue weighted by atomic mass is 32.2. The number of sulfone groups is 1. The molecule has 0 aromatic rings. The first-order valence-electron chi connectivity index (χ1n) is 1.79. The molecule has 2 N–H and O–H groups in total. The molecule has 0 aromatic heterocycles. The summed E-state index contributed by atoms with van der Waals surface area (Å²) >= 11 is 0. The summed E-state index contributed by atoms with van der Waals surface area (Å²) < 4.78 is 20.2. The lowest BCUT2D eigenvalue weighted by molar-refractivity contribution is 0.606. The van der Waals surface area contributed by atoms with E-state index in [1.54, 1.807) is 0 Å². The molecular weight excluding hydrogens is 114 g/mol. The van der Waals surface area contributed by atoms with Crippen molar-refractivity contribution in [3.63, 3.8) is 0 Å². The SMILES string of the molecule is CS(=O)(=O)[CH]CN. The Morgan fingerprint density at radius 3 is 2.14 bits per heavy atom. The summed E-state index contributed by atoms with van der Waals surface area (Å²) in [5.74, 6) is 1.06. The number of rotatable bonds is 2. The molecule has 0 aliphatic rings. The maximum Gasteiger partial charge on any atom is 0.152 e. The summed E-state index contributed by atoms with van der Waals surface area (Å²) in [7, 11) is -2.92. The van der Waals surface area contributed by atoms with E-state index in [-0.39, 0.29) is 6.54 Å². The highest BCUT2D eigenvalue weighted by Crippen LogP contribution is 1.83. The minimum Gasteiger partial charge on any atom is -0.329 e. The van der Waals surface area contributed by atoms with Gasteiger partial charge in [0.05, 0.1) is 5.75 Å². The molecule has 0 amide bonds. The van der Waals surface area contributed by atoms with E-state index in [0.717, 1.165) is 12.0 Å². The Morgan fingerprint density at radius 2 is 2.14 bits per heavy atom. The molecule has 0 saturated heterocycles. The first-order valence-corrected chi connectivity index (χ1v) is 3.75. The van der Waals surface area contributed by atoms with Crippen molar-refractivity contribution in [2.24, 2.45) is 5.73 Å². The third-order valence-electron chi connectivity index (χ3n) is 0.399. The summed E-state index contributed by atoms with van der Waals surface area (Å²) in [6.45, 7) is 0.0961. The molecule has 1 radical (unpaired) electrons. The summed E-state index contributed by atoms with van der Waals surface area (Å²) in [5, 5.41) is 0. The van der Waals surface area contributed by atoms with Gasteiger partial charge in [0.2, 0.25) is 0 Å². The maximum absolute atomic E-state index is 10.1. The molecule has 0 bridgehead atoms. The molecule has 0 aliphatic carbocycles. The zero-order valence-corrected chi connectivity index (χ0v) is 4.90. The summed E-state index contributed by atoms with van der Waals surface area (Å²) in [6.07, 6.45) is 1.11. The molecule has 0 unspecified atom stereocenters. The molecule has 0 saturated carbocycles. The predicted octanol–water partition coefficient (Wildman–Crippen LogP) is -0.849. The molecule has 0 spiro atoms. The van der Waals surface area contributed by atoms with Crippen LogP contribution in [0.1, 0.15) is 0 Å². The topological polar surface area (TPSA) is 60.2 Å². The van der Waals surface area contributed by atoms with E-state index in [1.165, 1.54) is 0 Å². The van der Waals surface area contributed by atoms with E-state index in [1.807, 2.05) is 0 Å². The Bertz CT molecular complexity index is 126. The van der Waals surface area contributed by atoms with Gasteiger partial charge in [-0.2, -0.15) is 0 Å². The molecule has 3 nitrogen and oxygen atoms in total. The van der Waals surface area contributed by atoms with Crippen LogP contribution in [0, 0.1) is 5.75 Å². The second-order valence-corrected chi connectivity index (χ2v) is 3.22. The molecule has 0 rings (SSSR count). The first kappa shape index (κ1) is 6.91. The molecular formula is C3H8NO2S. The normalized spacial score (nSPS) is 11.7. The van der Waals surface area contributed by atoms with E-state index in [0.29, 0.717) is 0 Å². The molecule has 7 heavy (non-hydrogen) atoms. The highest BCUT2D eigenvalue weighted by Gasteiger charge is 1.96. The van der Waals surface area contributed by atoms with Crippen LogP contribution in [0.3, 0.4) is 0 Å². The van der Waals surface area contributed by atoms with Crippen LogP contribution in [0.4, 0.5) is 0 Å². The Morgan fingerprint density at radius 1 is 1.71 bits per heavy atom. The Hall–Kier alpha value is -0.0900. The van der Waals surface area contributed by atoms with E-state index in [9.17, 15) is 8.42 Å². The van der Waals surface area contributed by atoms with Gasteiger partial charge in [-0.25, -0.2) is 8.42 Å². The van der Waals surface area contributed by atoms with Gasteiger partial charge in [-0.05, 0) is 0 Å². The van der Waals surface area contributed by atoms with Crippen LogP contribution >= 0.6 is 0 Å². The van der Waals surface area contributed by atoms with E-state index < -0.39 is 9.84 Å². The maximum atomic E-state index is 10.1. The average molecular weight is 122 g/mol. The summed E-state index contributed by atoms with van der Waals surface area (Å²) in [4.78, 5) is 0. The standard InChI is InChI=1S/C3H8NO2S/c1-7(5,6)3-2-4/h3H,2,4H2,1H3. The van der Waals surface area contributed by atoms with Gasteiger partial charge >= 0.3 is 0 Å². The fourth-order valence-corrected chi connectivity index (χ4v) is 0.524. The Balaban J connectivity index is 3.60. The van der Waals surface area contributed by atoms with Crippen LogP contribution < -0.4 is 5.73 Å². The van der Waals surface area contributed by atoms with Crippen LogP contribution in [0.15, 0.2) is 0 Å². The lowest BCUT2D eigenvalue weighted by Crippen LogP contribution is -2.07. The largest absolute Gasteiger partial charge is 0.329 e. The van der Waals surface area contributed by atoms with Crippen LogP contribution in [0.2, 0.25) is 0 Å². The molecule has 0 fully saturated rings. The Labute approximate surface area is 43.4 Å². The van der Waals surface area contributed by atoms with Crippen LogP contribution in [-0.4, -0.2) is 21.2 Å². The monoisotopic (exact) mass is 122 g/mol. The van der Waals surface area contributed by atoms with Crippen molar-refractivity contribution in [1.29, 1.82) is 0 Å². The zero-order chi connectivity index (χ0) is 5.91. The Kier molecular flexibility index (Phi) is 2.25. The third kappa shape index (κ3) is 5.91. The zero-order valence-electron chi connectivity index (χ0n) is 4.09. The van der Waals surface area contributed by atoms with Gasteiger partial charge < -0.3 is 5.73 Å². The van der Waals surface area contributed by atoms with Crippen molar-refractivity contribution in [3.8, 4) is 0 Å². The second-order valence-electron chi connectivity index (χ2n) is 1.23. The van der Waals surface area contributed by atoms with Crippen LogP contribution in [0.25, 0.3) is 0 Å². The van der Waals surface area contributed by atoms with E-state index >= 15 is 0 Å². The summed E-state index contributed by atoms with van der Waals surface area (Å²) in [6, 6.07) is 0. The van der Waals surface area contributed by atoms with Gasteiger partial charge in [0.25, 0.3) is 0 Å². The van der Waals surface area contributed by atoms with Crippen LogP contribution in [-0.2, 0) is 9.84 Å². The van der Waals surface area contributed by atoms with Gasteiger partial charge in [-0.15, -0.1) is 0 Å². The van der Waals surface area contributed by atoms with Crippen molar-refractivity contribution >= 4 is 9.84 Å². The fourth-order valence-electron chi connectivity index (χ4n) is 0.175. The fraction of sp³-hybridized carbons (Fsp3) is 0.667. The second kappa shape index (κ2) is 2.28. The third-order valence-corrected chi connectivity index (χ3v) is 1.20. The van der Waals surface area contributed by atoms with E-state index in [4.69, 9.17) is 5.73 Å². The highest BCUT2D eigenvalue weighted by molar-refractivity contribution is 7.92. The first-order chi connectivity index (χ1) is 3.06. The van der Waals surface area contributed by atoms with Gasteiger partial charge in [0.1, 0.15) is 0 Å². The molecule has 43 valence electrons. The van der Waals surface area contributed by atoms with E-state index in [2.05, 4.69) is 0 Å². The van der Waals surface area contributed by atoms with Crippen molar-refractivity contribution in [1.82, 2.24) is 0 Å². The van der Waals surface area contributed by atoms with Crippen molar-refractivity contribution in [3.05, 3.63) is 5.75 Å². The average Bonchev–Trinajstić information content (AvgIpc) is 1.30. The quantitative estimate of drug-likeness (QED) is 0.519. The van der Waals surface area contributed by atoms with Crippen molar-refractivity contribution in [2.45, 2.75) is 0 Å². The molecule has 0 atom stereocenters. The number of hydrogen-bond acceptors (Lipinski definition) is 3. The number of hydrogen-bond donors (Lipinski definition) is 1.